The number of nitrogens with zero attached hydrogens (tertiary/aromatic N) is 1. The van der Waals surface area contributed by atoms with Crippen molar-refractivity contribution in [3.05, 3.63) is 65.2 Å². The lowest BCUT2D eigenvalue weighted by atomic mass is 10.1. The number of rotatable bonds is 8. The van der Waals surface area contributed by atoms with E-state index < -0.39 is 10.8 Å². The van der Waals surface area contributed by atoms with Crippen LogP contribution in [0.15, 0.2) is 58.4 Å². The number of nitrogens with one attached hydrogen (secondary N) is 2. The molecular weight excluding hydrogens is 342 g/mol. The summed E-state index contributed by atoms with van der Waals surface area (Å²) in [7, 11) is -0.942. The molecule has 0 spiro atoms. The number of hydrogen-bond acceptors (Lipinski definition) is 2. The van der Waals surface area contributed by atoms with Gasteiger partial charge in [0.1, 0.15) is 0 Å². The monoisotopic (exact) mass is 371 g/mol. The van der Waals surface area contributed by atoms with Crippen LogP contribution in [0, 0.1) is 6.92 Å². The van der Waals surface area contributed by atoms with Crippen LogP contribution in [-0.2, 0) is 23.9 Å². The molecule has 0 amide bonds. The van der Waals surface area contributed by atoms with Crippen molar-refractivity contribution in [3.63, 3.8) is 0 Å². The van der Waals surface area contributed by atoms with Gasteiger partial charge in [0.2, 0.25) is 0 Å². The third kappa shape index (κ3) is 7.00. The number of guanidine groups is 1. The summed E-state index contributed by atoms with van der Waals surface area (Å²) < 4.78 is 11.5. The van der Waals surface area contributed by atoms with E-state index >= 15 is 0 Å². The average molecular weight is 372 g/mol. The number of benzene rings is 2. The van der Waals surface area contributed by atoms with E-state index in [-0.39, 0.29) is 0 Å². The first kappa shape index (κ1) is 20.2. The number of aryl methyl sites for hydroxylation is 1. The highest BCUT2D eigenvalue weighted by Gasteiger charge is 2.01. The SMILES string of the molecule is CCCCNC(=NCc1ccc(S(C)=O)cc1)NCc1ccc(C)cc1. The van der Waals surface area contributed by atoms with Crippen molar-refractivity contribution >= 4 is 16.8 Å². The molecule has 0 aliphatic carbocycles. The molecule has 0 bridgehead atoms. The second-order valence-electron chi connectivity index (χ2n) is 6.38. The summed E-state index contributed by atoms with van der Waals surface area (Å²) in [5, 5.41) is 6.80. The highest BCUT2D eigenvalue weighted by molar-refractivity contribution is 7.84. The zero-order valence-corrected chi connectivity index (χ0v) is 16.7. The van der Waals surface area contributed by atoms with Gasteiger partial charge < -0.3 is 10.6 Å². The topological polar surface area (TPSA) is 53.5 Å². The molecule has 2 aromatic rings. The quantitative estimate of drug-likeness (QED) is 0.422. The van der Waals surface area contributed by atoms with Crippen molar-refractivity contribution in [3.8, 4) is 0 Å². The Bertz CT molecular complexity index is 724. The molecule has 4 nitrogen and oxygen atoms in total. The van der Waals surface area contributed by atoms with Crippen molar-refractivity contribution in [2.45, 2.75) is 44.7 Å². The second-order valence-corrected chi connectivity index (χ2v) is 7.76. The summed E-state index contributed by atoms with van der Waals surface area (Å²) >= 11 is 0. The minimum Gasteiger partial charge on any atom is -0.356 e. The van der Waals surface area contributed by atoms with Crippen LogP contribution in [0.25, 0.3) is 0 Å². The summed E-state index contributed by atoms with van der Waals surface area (Å²) in [5.41, 5.74) is 3.60. The van der Waals surface area contributed by atoms with Crippen LogP contribution in [0.3, 0.4) is 0 Å². The van der Waals surface area contributed by atoms with Gasteiger partial charge in [0, 0.05) is 35.0 Å². The molecule has 1 unspecified atom stereocenters. The van der Waals surface area contributed by atoms with Crippen LogP contribution in [0.1, 0.15) is 36.5 Å². The lowest BCUT2D eigenvalue weighted by Gasteiger charge is -2.13. The van der Waals surface area contributed by atoms with E-state index in [0.29, 0.717) is 6.54 Å². The van der Waals surface area contributed by atoms with E-state index in [0.717, 1.165) is 42.3 Å². The van der Waals surface area contributed by atoms with Gasteiger partial charge in [0.15, 0.2) is 5.96 Å². The van der Waals surface area contributed by atoms with Crippen molar-refractivity contribution in [1.29, 1.82) is 0 Å². The standard InChI is InChI=1S/C21H29N3OS/c1-4-5-14-22-21(23-15-18-8-6-17(2)7-9-18)24-16-19-10-12-20(13-11-19)26(3)25/h6-13H,4-5,14-16H2,1-3H3,(H2,22,23,24). The molecule has 2 N–H and O–H groups in total. The van der Waals surface area contributed by atoms with Gasteiger partial charge in [0.25, 0.3) is 0 Å². The third-order valence-electron chi connectivity index (χ3n) is 4.08. The fourth-order valence-electron chi connectivity index (χ4n) is 2.41. The zero-order valence-electron chi connectivity index (χ0n) is 15.9. The van der Waals surface area contributed by atoms with E-state index in [1.807, 2.05) is 24.3 Å². The van der Waals surface area contributed by atoms with Gasteiger partial charge in [-0.1, -0.05) is 55.3 Å². The zero-order chi connectivity index (χ0) is 18.8. The highest BCUT2D eigenvalue weighted by atomic mass is 32.2. The van der Waals surface area contributed by atoms with Crippen LogP contribution in [0.2, 0.25) is 0 Å². The molecule has 2 rings (SSSR count). The maximum atomic E-state index is 11.5. The summed E-state index contributed by atoms with van der Waals surface area (Å²) in [5.74, 6) is 0.821. The largest absolute Gasteiger partial charge is 0.356 e. The van der Waals surface area contributed by atoms with Crippen molar-refractivity contribution in [2.24, 2.45) is 4.99 Å². The molecule has 0 saturated carbocycles. The lowest BCUT2D eigenvalue weighted by Crippen LogP contribution is -2.37. The molecule has 0 heterocycles. The van der Waals surface area contributed by atoms with E-state index in [4.69, 9.17) is 4.99 Å². The summed E-state index contributed by atoms with van der Waals surface area (Å²) in [6, 6.07) is 16.3. The molecule has 26 heavy (non-hydrogen) atoms. The first-order chi connectivity index (χ1) is 12.6. The fourth-order valence-corrected chi connectivity index (χ4v) is 2.93. The predicted molar refractivity (Wildman–Crippen MR) is 111 cm³/mol. The fraction of sp³-hybridized carbons (Fsp3) is 0.381. The van der Waals surface area contributed by atoms with Gasteiger partial charge in [-0.05, 0) is 36.6 Å². The Hall–Kier alpha value is -2.14. The van der Waals surface area contributed by atoms with E-state index in [9.17, 15) is 4.21 Å². The molecule has 0 aromatic heterocycles. The Morgan fingerprint density at radius 2 is 1.65 bits per heavy atom. The maximum Gasteiger partial charge on any atom is 0.191 e. The number of aliphatic imine (C=N–C) groups is 1. The predicted octanol–water partition coefficient (Wildman–Crippen LogP) is 3.77. The lowest BCUT2D eigenvalue weighted by molar-refractivity contribution is 0.686. The van der Waals surface area contributed by atoms with Gasteiger partial charge in [-0.3, -0.25) is 4.21 Å². The normalized spacial score (nSPS) is 12.7. The first-order valence-corrected chi connectivity index (χ1v) is 10.6. The maximum absolute atomic E-state index is 11.5. The van der Waals surface area contributed by atoms with Crippen LogP contribution in [0.5, 0.6) is 0 Å². The van der Waals surface area contributed by atoms with Gasteiger partial charge in [-0.2, -0.15) is 0 Å². The van der Waals surface area contributed by atoms with Crippen LogP contribution in [-0.4, -0.2) is 23.0 Å². The van der Waals surface area contributed by atoms with Crippen LogP contribution in [0.4, 0.5) is 0 Å². The smallest absolute Gasteiger partial charge is 0.191 e. The molecule has 1 atom stereocenters. The molecule has 0 aliphatic heterocycles. The molecule has 0 saturated heterocycles. The van der Waals surface area contributed by atoms with Crippen molar-refractivity contribution < 1.29 is 4.21 Å². The summed E-state index contributed by atoms with van der Waals surface area (Å²) in [6.45, 7) is 6.51. The van der Waals surface area contributed by atoms with E-state index in [1.165, 1.54) is 11.1 Å². The summed E-state index contributed by atoms with van der Waals surface area (Å²) in [6.07, 6.45) is 3.95. The minimum absolute atomic E-state index is 0.589. The van der Waals surface area contributed by atoms with Crippen LogP contribution < -0.4 is 10.6 Å². The molecular formula is C21H29N3OS. The minimum atomic E-state index is -0.942. The van der Waals surface area contributed by atoms with Gasteiger partial charge in [0.05, 0.1) is 6.54 Å². The number of hydrogen-bond donors (Lipinski definition) is 2. The van der Waals surface area contributed by atoms with E-state index in [2.05, 4.69) is 48.7 Å². The van der Waals surface area contributed by atoms with Crippen molar-refractivity contribution in [1.82, 2.24) is 10.6 Å². The molecule has 5 heteroatoms. The Kier molecular flexibility index (Phi) is 8.35. The molecule has 0 fully saturated rings. The second kappa shape index (κ2) is 10.8. The Morgan fingerprint density at radius 3 is 2.27 bits per heavy atom. The molecule has 140 valence electrons. The van der Waals surface area contributed by atoms with Gasteiger partial charge in [-0.15, -0.1) is 0 Å². The Balaban J connectivity index is 1.98. The van der Waals surface area contributed by atoms with Gasteiger partial charge in [-0.25, -0.2) is 4.99 Å². The Morgan fingerprint density at radius 1 is 1.00 bits per heavy atom. The van der Waals surface area contributed by atoms with Gasteiger partial charge >= 0.3 is 0 Å². The van der Waals surface area contributed by atoms with Crippen LogP contribution >= 0.6 is 0 Å². The summed E-state index contributed by atoms with van der Waals surface area (Å²) in [4.78, 5) is 5.54. The Labute approximate surface area is 159 Å². The average Bonchev–Trinajstić information content (AvgIpc) is 2.65. The van der Waals surface area contributed by atoms with E-state index in [1.54, 1.807) is 6.26 Å². The number of unbranched alkanes of at least 4 members (excludes halogenated alkanes) is 1. The first-order valence-electron chi connectivity index (χ1n) is 9.08. The molecule has 0 aliphatic rings. The molecule has 2 aromatic carbocycles. The van der Waals surface area contributed by atoms with Crippen molar-refractivity contribution in [2.75, 3.05) is 12.8 Å². The highest BCUT2D eigenvalue weighted by Crippen LogP contribution is 2.08. The third-order valence-corrected chi connectivity index (χ3v) is 5.01. The molecule has 0 radical (unpaired) electrons.